The molecule has 0 aliphatic carbocycles. The molecule has 3 heteroatoms. The zero-order valence-electron chi connectivity index (χ0n) is 5.35. The molecule has 0 aromatic heterocycles. The van der Waals surface area contributed by atoms with E-state index in [0.29, 0.717) is 6.54 Å². The molecule has 0 bridgehead atoms. The summed E-state index contributed by atoms with van der Waals surface area (Å²) in [6.07, 6.45) is 4.86. The van der Waals surface area contributed by atoms with Crippen LogP contribution in [0.4, 0.5) is 0 Å². The lowest BCUT2D eigenvalue weighted by atomic mass is 10.2. The quantitative estimate of drug-likeness (QED) is 0.387. The van der Waals surface area contributed by atoms with E-state index in [9.17, 15) is 4.79 Å². The maximum Gasteiger partial charge on any atom is 0.222 e. The van der Waals surface area contributed by atoms with Crippen molar-refractivity contribution in [3.63, 3.8) is 0 Å². The van der Waals surface area contributed by atoms with Gasteiger partial charge in [0.15, 0.2) is 0 Å². The number of hydrogen-bond donors (Lipinski definition) is 2. The Hall–Kier alpha value is -1.17. The summed E-state index contributed by atoms with van der Waals surface area (Å²) < 4.78 is 0. The van der Waals surface area contributed by atoms with Crippen LogP contribution in [0, 0.1) is 18.4 Å². The number of hydrogen-bond acceptors (Lipinski definition) is 2. The molecule has 50 valence electrons. The minimum Gasteiger partial charge on any atom is -0.369 e. The largest absolute Gasteiger partial charge is 0.369 e. The molecule has 0 rings (SSSR count). The molecule has 0 fully saturated rings. The molecule has 1 amide bonds. The first-order valence-corrected chi connectivity index (χ1v) is 2.66. The van der Waals surface area contributed by atoms with Crippen LogP contribution in [0.3, 0.4) is 0 Å². The Balaban J connectivity index is 3.41. The summed E-state index contributed by atoms with van der Waals surface area (Å²) in [5, 5.41) is 2.56. The Morgan fingerprint density at radius 1 is 2.00 bits per heavy atom. The van der Waals surface area contributed by atoms with Crippen LogP contribution in [-0.4, -0.2) is 12.5 Å². The van der Waals surface area contributed by atoms with Crippen molar-refractivity contribution < 1.29 is 4.79 Å². The van der Waals surface area contributed by atoms with E-state index in [4.69, 9.17) is 12.2 Å². The molecule has 1 unspecified atom stereocenters. The molecule has 9 heavy (non-hydrogen) atoms. The van der Waals surface area contributed by atoms with Crippen LogP contribution < -0.4 is 11.1 Å². The minimum absolute atomic E-state index is 0.193. The topological polar surface area (TPSA) is 55.1 Å². The van der Waals surface area contributed by atoms with Crippen LogP contribution in [0.25, 0.3) is 0 Å². The van der Waals surface area contributed by atoms with E-state index in [-0.39, 0.29) is 11.8 Å². The summed E-state index contributed by atoms with van der Waals surface area (Å²) in [5.41, 5.74) is 4.93. The molecule has 0 saturated heterocycles. The van der Waals surface area contributed by atoms with Gasteiger partial charge < -0.3 is 11.1 Å². The van der Waals surface area contributed by atoms with Crippen molar-refractivity contribution in [1.29, 1.82) is 0 Å². The van der Waals surface area contributed by atoms with Crippen molar-refractivity contribution in [1.82, 2.24) is 5.32 Å². The summed E-state index contributed by atoms with van der Waals surface area (Å²) in [7, 11) is 0. The third kappa shape index (κ3) is 3.42. The van der Waals surface area contributed by atoms with Gasteiger partial charge in [-0.25, -0.2) is 0 Å². The highest BCUT2D eigenvalue weighted by Gasteiger charge is 2.05. The van der Waals surface area contributed by atoms with Crippen molar-refractivity contribution in [3.8, 4) is 12.5 Å². The number of nitrogens with two attached hydrogens (primary N) is 1. The van der Waals surface area contributed by atoms with Crippen molar-refractivity contribution in [2.75, 3.05) is 6.54 Å². The van der Waals surface area contributed by atoms with Crippen molar-refractivity contribution >= 4 is 5.91 Å². The Kier molecular flexibility index (Phi) is 3.29. The molecule has 0 spiro atoms. The number of terminal acetylenes is 1. The normalized spacial score (nSPS) is 11.6. The van der Waals surface area contributed by atoms with Gasteiger partial charge in [-0.05, 0) is 0 Å². The van der Waals surface area contributed by atoms with E-state index < -0.39 is 0 Å². The van der Waals surface area contributed by atoms with Gasteiger partial charge in [0.25, 0.3) is 0 Å². The highest BCUT2D eigenvalue weighted by Crippen LogP contribution is 1.87. The average molecular weight is 126 g/mol. The van der Waals surface area contributed by atoms with E-state index in [1.807, 2.05) is 0 Å². The molecule has 0 radical (unpaired) electrons. The Morgan fingerprint density at radius 3 is 2.89 bits per heavy atom. The van der Waals surface area contributed by atoms with Gasteiger partial charge in [0.05, 0.1) is 5.92 Å². The molecule has 0 saturated carbocycles. The first kappa shape index (κ1) is 7.83. The van der Waals surface area contributed by atoms with E-state index >= 15 is 0 Å². The van der Waals surface area contributed by atoms with Gasteiger partial charge in [-0.1, -0.05) is 13.3 Å². The zero-order valence-corrected chi connectivity index (χ0v) is 5.35. The molecule has 3 nitrogen and oxygen atoms in total. The maximum atomic E-state index is 10.3. The van der Waals surface area contributed by atoms with E-state index in [1.165, 1.54) is 0 Å². The average Bonchev–Trinajstić information content (AvgIpc) is 1.82. The fraction of sp³-hybridized carbons (Fsp3) is 0.500. The van der Waals surface area contributed by atoms with Crippen LogP contribution in [0.2, 0.25) is 0 Å². The molecule has 3 N–H and O–H groups in total. The Morgan fingerprint density at radius 2 is 2.56 bits per heavy atom. The van der Waals surface area contributed by atoms with Crippen LogP contribution in [-0.2, 0) is 4.79 Å². The van der Waals surface area contributed by atoms with E-state index in [1.54, 1.807) is 6.92 Å². The maximum absolute atomic E-state index is 10.3. The second kappa shape index (κ2) is 3.79. The first-order valence-electron chi connectivity index (χ1n) is 2.66. The van der Waals surface area contributed by atoms with E-state index in [2.05, 4.69) is 11.4 Å². The summed E-state index contributed by atoms with van der Waals surface area (Å²) in [6.45, 7) is 2.17. The predicted octanol–water partition coefficient (Wildman–Crippen LogP) is -0.712. The van der Waals surface area contributed by atoms with Crippen molar-refractivity contribution in [2.45, 2.75) is 6.92 Å². The monoisotopic (exact) mass is 126 g/mol. The summed E-state index contributed by atoms with van der Waals surface area (Å²) in [5.74, 6) is -0.529. The van der Waals surface area contributed by atoms with Gasteiger partial charge >= 0.3 is 0 Å². The fourth-order valence-electron chi connectivity index (χ4n) is 0.313. The second-order valence-corrected chi connectivity index (χ2v) is 1.83. The smallest absolute Gasteiger partial charge is 0.222 e. The number of rotatable bonds is 3. The number of carbonyl (C=O) groups excluding carboxylic acids is 1. The second-order valence-electron chi connectivity index (χ2n) is 1.83. The molecular weight excluding hydrogens is 116 g/mol. The number of amides is 1. The third-order valence-electron chi connectivity index (χ3n) is 0.996. The van der Waals surface area contributed by atoms with Gasteiger partial charge in [0, 0.05) is 12.6 Å². The van der Waals surface area contributed by atoms with E-state index in [0.717, 1.165) is 0 Å². The van der Waals surface area contributed by atoms with Crippen LogP contribution in [0.15, 0.2) is 0 Å². The van der Waals surface area contributed by atoms with Crippen molar-refractivity contribution in [2.24, 2.45) is 11.7 Å². The van der Waals surface area contributed by atoms with Crippen LogP contribution in [0.5, 0.6) is 0 Å². The van der Waals surface area contributed by atoms with Gasteiger partial charge in [-0.3, -0.25) is 4.79 Å². The zero-order chi connectivity index (χ0) is 7.28. The summed E-state index contributed by atoms with van der Waals surface area (Å²) in [6, 6.07) is 2.20. The third-order valence-corrected chi connectivity index (χ3v) is 0.996. The molecule has 0 aliphatic rings. The Bertz CT molecular complexity index is 136. The molecular formula is C6H10N2O. The first-order chi connectivity index (χ1) is 4.18. The van der Waals surface area contributed by atoms with Crippen LogP contribution >= 0.6 is 0 Å². The summed E-state index contributed by atoms with van der Waals surface area (Å²) in [4.78, 5) is 10.3. The molecule has 0 aromatic rings. The molecule has 0 heterocycles. The minimum atomic E-state index is -0.335. The van der Waals surface area contributed by atoms with Crippen LogP contribution in [0.1, 0.15) is 6.92 Å². The number of carbonyl (C=O) groups is 1. The van der Waals surface area contributed by atoms with Gasteiger partial charge in [0.1, 0.15) is 0 Å². The lowest BCUT2D eigenvalue weighted by Gasteiger charge is -2.03. The molecule has 1 atom stereocenters. The lowest BCUT2D eigenvalue weighted by molar-refractivity contribution is -0.121. The molecule has 0 aliphatic heterocycles. The highest BCUT2D eigenvalue weighted by atomic mass is 16.1. The lowest BCUT2D eigenvalue weighted by Crippen LogP contribution is -2.28. The summed E-state index contributed by atoms with van der Waals surface area (Å²) >= 11 is 0. The fourth-order valence-corrected chi connectivity index (χ4v) is 0.313. The van der Waals surface area contributed by atoms with Gasteiger partial charge in [-0.15, -0.1) is 0 Å². The predicted molar refractivity (Wildman–Crippen MR) is 35.2 cm³/mol. The standard InChI is InChI=1S/C6H10N2O/c1-3-8-4-5(2)6(7)9/h1,5,8H,4H2,2H3,(H2,7,9). The van der Waals surface area contributed by atoms with Gasteiger partial charge in [0.2, 0.25) is 5.91 Å². The molecule has 0 aromatic carbocycles. The number of nitrogens with one attached hydrogen (secondary N) is 1. The van der Waals surface area contributed by atoms with Gasteiger partial charge in [-0.2, -0.15) is 0 Å². The highest BCUT2D eigenvalue weighted by molar-refractivity contribution is 5.76. The SMILES string of the molecule is C#CNCC(C)C(N)=O. The van der Waals surface area contributed by atoms with Crippen molar-refractivity contribution in [3.05, 3.63) is 0 Å². The number of primary amides is 1. The Labute approximate surface area is 54.6 Å².